The first kappa shape index (κ1) is 21.2. The number of amides is 1. The summed E-state index contributed by atoms with van der Waals surface area (Å²) >= 11 is 0. The molecule has 2 aliphatic heterocycles. The van der Waals surface area contributed by atoms with Gasteiger partial charge in [0.05, 0.1) is 30.6 Å². The van der Waals surface area contributed by atoms with Crippen LogP contribution in [0.2, 0.25) is 0 Å². The highest BCUT2D eigenvalue weighted by Crippen LogP contribution is 2.24. The van der Waals surface area contributed by atoms with Gasteiger partial charge < -0.3 is 24.6 Å². The van der Waals surface area contributed by atoms with E-state index in [2.05, 4.69) is 4.72 Å². The third kappa shape index (κ3) is 4.88. The number of morpholine rings is 1. The average molecular weight is 414 g/mol. The molecule has 0 aliphatic carbocycles. The molecule has 0 bridgehead atoms. The molecule has 2 fully saturated rings. The van der Waals surface area contributed by atoms with E-state index in [1.807, 2.05) is 6.92 Å². The summed E-state index contributed by atoms with van der Waals surface area (Å²) in [5, 5.41) is 20.4. The van der Waals surface area contributed by atoms with Crippen LogP contribution in [0.4, 0.5) is 0 Å². The zero-order chi connectivity index (χ0) is 20.3. The van der Waals surface area contributed by atoms with E-state index in [0.29, 0.717) is 26.3 Å². The second-order valence-electron chi connectivity index (χ2n) is 7.06. The number of nitrogens with zero attached hydrogens (tertiary/aromatic N) is 1. The minimum atomic E-state index is -3.77. The zero-order valence-electron chi connectivity index (χ0n) is 15.7. The maximum Gasteiger partial charge on any atom is 0.240 e. The Bertz CT molecular complexity index is 778. The summed E-state index contributed by atoms with van der Waals surface area (Å²) in [5.74, 6) is -0.194. The predicted molar refractivity (Wildman–Crippen MR) is 99.1 cm³/mol. The number of aliphatic hydroxyl groups is 2. The second kappa shape index (κ2) is 8.85. The monoisotopic (exact) mass is 414 g/mol. The third-order valence-electron chi connectivity index (χ3n) is 5.01. The van der Waals surface area contributed by atoms with E-state index in [4.69, 9.17) is 9.47 Å². The number of aliphatic hydroxyl groups excluding tert-OH is 2. The molecule has 156 valence electrons. The number of rotatable bonds is 6. The zero-order valence-corrected chi connectivity index (χ0v) is 16.5. The van der Waals surface area contributed by atoms with Crippen LogP contribution >= 0.6 is 0 Å². The summed E-state index contributed by atoms with van der Waals surface area (Å²) in [6.07, 6.45) is -4.47. The van der Waals surface area contributed by atoms with Crippen molar-refractivity contribution in [1.29, 1.82) is 0 Å². The van der Waals surface area contributed by atoms with Crippen molar-refractivity contribution >= 4 is 15.9 Å². The molecule has 4 atom stereocenters. The Morgan fingerprint density at radius 3 is 2.39 bits per heavy atom. The molecule has 0 saturated carbocycles. The second-order valence-corrected chi connectivity index (χ2v) is 8.82. The van der Waals surface area contributed by atoms with Crippen molar-refractivity contribution in [2.45, 2.75) is 42.7 Å². The average Bonchev–Trinajstić information content (AvgIpc) is 2.95. The predicted octanol–water partition coefficient (Wildman–Crippen LogP) is -0.989. The van der Waals surface area contributed by atoms with Crippen molar-refractivity contribution < 1.29 is 32.9 Å². The quantitative estimate of drug-likeness (QED) is 0.546. The largest absolute Gasteiger partial charge is 0.388 e. The lowest BCUT2D eigenvalue weighted by molar-refractivity contribution is -0.139. The van der Waals surface area contributed by atoms with E-state index >= 15 is 0 Å². The number of nitrogens with one attached hydrogen (secondary N) is 1. The van der Waals surface area contributed by atoms with Gasteiger partial charge in [-0.2, -0.15) is 0 Å². The molecule has 2 heterocycles. The molecule has 0 radical (unpaired) electrons. The van der Waals surface area contributed by atoms with Crippen molar-refractivity contribution in [2.75, 3.05) is 32.8 Å². The number of aryl methyl sites for hydroxylation is 1. The number of benzene rings is 1. The van der Waals surface area contributed by atoms with E-state index in [9.17, 15) is 23.4 Å². The fourth-order valence-electron chi connectivity index (χ4n) is 3.27. The van der Waals surface area contributed by atoms with Crippen LogP contribution in [0.5, 0.6) is 0 Å². The van der Waals surface area contributed by atoms with Crippen molar-refractivity contribution in [3.63, 3.8) is 0 Å². The Kier molecular flexibility index (Phi) is 6.69. The Labute approximate surface area is 164 Å². The lowest BCUT2D eigenvalue weighted by atomic mass is 10.1. The molecule has 3 rings (SSSR count). The van der Waals surface area contributed by atoms with Crippen LogP contribution in [-0.2, 0) is 24.3 Å². The molecule has 2 aliphatic rings. The Morgan fingerprint density at radius 2 is 1.75 bits per heavy atom. The van der Waals surface area contributed by atoms with Gasteiger partial charge in [-0.05, 0) is 19.1 Å². The molecule has 0 aromatic heterocycles. The molecule has 9 nitrogen and oxygen atoms in total. The van der Waals surface area contributed by atoms with Crippen LogP contribution in [0.15, 0.2) is 29.2 Å². The van der Waals surface area contributed by atoms with Gasteiger partial charge in [-0.15, -0.1) is 0 Å². The molecular weight excluding hydrogens is 388 g/mol. The summed E-state index contributed by atoms with van der Waals surface area (Å²) in [5.41, 5.74) is 0.935. The van der Waals surface area contributed by atoms with Crippen LogP contribution in [0.3, 0.4) is 0 Å². The number of hydrogen-bond donors (Lipinski definition) is 3. The highest BCUT2D eigenvalue weighted by Gasteiger charge is 2.44. The van der Waals surface area contributed by atoms with Gasteiger partial charge in [0.25, 0.3) is 0 Å². The Hall–Kier alpha value is -1.56. The van der Waals surface area contributed by atoms with Gasteiger partial charge in [0, 0.05) is 19.6 Å². The van der Waals surface area contributed by atoms with Gasteiger partial charge in [0.15, 0.2) is 0 Å². The van der Waals surface area contributed by atoms with Crippen LogP contribution in [0.1, 0.15) is 12.0 Å². The minimum absolute atomic E-state index is 0.0839. The highest BCUT2D eigenvalue weighted by molar-refractivity contribution is 7.89. The van der Waals surface area contributed by atoms with Gasteiger partial charge in [-0.1, -0.05) is 17.7 Å². The smallest absolute Gasteiger partial charge is 0.240 e. The molecular formula is C18H26N2O7S. The summed E-state index contributed by atoms with van der Waals surface area (Å²) in [4.78, 5) is 14.1. The van der Waals surface area contributed by atoms with E-state index in [1.165, 1.54) is 12.1 Å². The minimum Gasteiger partial charge on any atom is -0.388 e. The first-order chi connectivity index (χ1) is 13.3. The van der Waals surface area contributed by atoms with Gasteiger partial charge in [-0.3, -0.25) is 4.79 Å². The topological polar surface area (TPSA) is 125 Å². The molecule has 28 heavy (non-hydrogen) atoms. The van der Waals surface area contributed by atoms with Gasteiger partial charge in [0.2, 0.25) is 15.9 Å². The normalized spacial score (nSPS) is 28.5. The first-order valence-electron chi connectivity index (χ1n) is 9.21. The number of sulfonamides is 1. The van der Waals surface area contributed by atoms with E-state index in [1.54, 1.807) is 17.0 Å². The molecule has 0 unspecified atom stereocenters. The summed E-state index contributed by atoms with van der Waals surface area (Å²) < 4.78 is 37.9. The van der Waals surface area contributed by atoms with Crippen molar-refractivity contribution in [3.05, 3.63) is 29.8 Å². The van der Waals surface area contributed by atoms with Crippen LogP contribution in [0.25, 0.3) is 0 Å². The van der Waals surface area contributed by atoms with Gasteiger partial charge >= 0.3 is 0 Å². The lowest BCUT2D eigenvalue weighted by Crippen LogP contribution is -2.43. The van der Waals surface area contributed by atoms with Crippen LogP contribution in [-0.4, -0.2) is 86.7 Å². The standard InChI is InChI=1S/C18H26N2O7S/c1-12-2-4-13(5-3-12)28(24,25)19-11-15-18(23)17(22)14(27-15)10-16(21)20-6-8-26-9-7-20/h2-5,14-15,17-19,22-23H,6-11H2,1H3/t14-,15+,17-,18+/m0/s1. The van der Waals surface area contributed by atoms with E-state index in [-0.39, 0.29) is 23.8 Å². The summed E-state index contributed by atoms with van der Waals surface area (Å²) in [7, 11) is -3.77. The molecule has 1 amide bonds. The molecule has 1 aromatic rings. The van der Waals surface area contributed by atoms with Gasteiger partial charge in [0.1, 0.15) is 18.3 Å². The molecule has 1 aromatic carbocycles. The van der Waals surface area contributed by atoms with Crippen molar-refractivity contribution in [1.82, 2.24) is 9.62 Å². The molecule has 0 spiro atoms. The fourth-order valence-corrected chi connectivity index (χ4v) is 4.31. The third-order valence-corrected chi connectivity index (χ3v) is 6.45. The van der Waals surface area contributed by atoms with Crippen molar-refractivity contribution in [2.24, 2.45) is 0 Å². The SMILES string of the molecule is Cc1ccc(S(=O)(=O)NC[C@H]2O[C@@H](CC(=O)N3CCOCC3)[C@H](O)[C@@H]2O)cc1. The Balaban J connectivity index is 1.56. The number of hydrogen-bond acceptors (Lipinski definition) is 7. The maximum atomic E-state index is 12.4. The first-order valence-corrected chi connectivity index (χ1v) is 10.7. The van der Waals surface area contributed by atoms with E-state index in [0.717, 1.165) is 5.56 Å². The summed E-state index contributed by atoms with van der Waals surface area (Å²) in [6, 6.07) is 6.35. The summed E-state index contributed by atoms with van der Waals surface area (Å²) in [6.45, 7) is 3.52. The Morgan fingerprint density at radius 1 is 1.14 bits per heavy atom. The van der Waals surface area contributed by atoms with Crippen LogP contribution in [0, 0.1) is 6.92 Å². The number of ether oxygens (including phenoxy) is 2. The lowest BCUT2D eigenvalue weighted by Gasteiger charge is -2.28. The number of carbonyl (C=O) groups excluding carboxylic acids is 1. The molecule has 3 N–H and O–H groups in total. The van der Waals surface area contributed by atoms with Gasteiger partial charge in [-0.25, -0.2) is 13.1 Å². The van der Waals surface area contributed by atoms with Crippen LogP contribution < -0.4 is 4.72 Å². The fraction of sp³-hybridized carbons (Fsp3) is 0.611. The molecule has 2 saturated heterocycles. The number of carbonyl (C=O) groups is 1. The molecule has 10 heteroatoms. The maximum absolute atomic E-state index is 12.4. The van der Waals surface area contributed by atoms with Crippen molar-refractivity contribution in [3.8, 4) is 0 Å². The highest BCUT2D eigenvalue weighted by atomic mass is 32.2. The van der Waals surface area contributed by atoms with E-state index < -0.39 is 34.4 Å².